The number of carbonyl (C=O) groups excluding carboxylic acids is 2. The van der Waals surface area contributed by atoms with Crippen molar-refractivity contribution in [3.8, 4) is 0 Å². The van der Waals surface area contributed by atoms with Gasteiger partial charge in [-0.2, -0.15) is 5.10 Å². The number of unbranched alkanes of at least 4 members (excludes halogenated alkanes) is 1. The molecule has 6 heteroatoms. The van der Waals surface area contributed by atoms with Gasteiger partial charge in [0, 0.05) is 18.2 Å². The molecule has 0 aliphatic heterocycles. The maximum absolute atomic E-state index is 12.3. The van der Waals surface area contributed by atoms with Gasteiger partial charge in [-0.05, 0) is 23.5 Å². The summed E-state index contributed by atoms with van der Waals surface area (Å²) < 4.78 is 6.32. The van der Waals surface area contributed by atoms with Gasteiger partial charge < -0.3 is 4.74 Å². The first-order chi connectivity index (χ1) is 12.7. The number of rotatable bonds is 7. The Morgan fingerprint density at radius 2 is 1.74 bits per heavy atom. The fourth-order valence-corrected chi connectivity index (χ4v) is 2.47. The van der Waals surface area contributed by atoms with Gasteiger partial charge in [0.15, 0.2) is 18.1 Å². The van der Waals surface area contributed by atoms with E-state index < -0.39 is 5.97 Å². The Kier molecular flexibility index (Phi) is 6.66. The van der Waals surface area contributed by atoms with E-state index in [4.69, 9.17) is 4.74 Å². The van der Waals surface area contributed by atoms with Crippen LogP contribution in [0, 0.1) is 0 Å². The molecule has 1 aromatic carbocycles. The Morgan fingerprint density at radius 1 is 1.07 bits per heavy atom. The third-order valence-electron chi connectivity index (χ3n) is 4.21. The molecule has 0 aliphatic carbocycles. The summed E-state index contributed by atoms with van der Waals surface area (Å²) in [4.78, 5) is 36.1. The lowest BCUT2D eigenvalue weighted by Crippen LogP contribution is -2.25. The molecular weight excluding hydrogens is 344 g/mol. The van der Waals surface area contributed by atoms with E-state index in [0.29, 0.717) is 12.1 Å². The lowest BCUT2D eigenvalue weighted by molar-refractivity contribution is 0.0466. The van der Waals surface area contributed by atoms with Crippen LogP contribution in [0.5, 0.6) is 0 Å². The average Bonchev–Trinajstić information content (AvgIpc) is 2.64. The Labute approximate surface area is 159 Å². The number of Topliss-reactive ketones (excluding diaryl/α,β-unsaturated/α-hetero) is 1. The molecule has 1 aromatic heterocycles. The van der Waals surface area contributed by atoms with Crippen molar-refractivity contribution in [2.75, 3.05) is 6.61 Å². The van der Waals surface area contributed by atoms with Crippen molar-refractivity contribution in [3.05, 3.63) is 63.6 Å². The highest BCUT2D eigenvalue weighted by Gasteiger charge is 2.16. The smallest absolute Gasteiger partial charge is 0.359 e. The van der Waals surface area contributed by atoms with Crippen molar-refractivity contribution in [1.82, 2.24) is 9.78 Å². The number of aryl methyl sites for hydroxylation is 1. The van der Waals surface area contributed by atoms with Crippen molar-refractivity contribution < 1.29 is 14.3 Å². The van der Waals surface area contributed by atoms with Gasteiger partial charge in [-0.15, -0.1) is 0 Å². The quantitative estimate of drug-likeness (QED) is 0.551. The molecule has 6 nitrogen and oxygen atoms in total. The molecule has 2 rings (SSSR count). The van der Waals surface area contributed by atoms with Crippen LogP contribution in [0.4, 0.5) is 0 Å². The molecule has 2 aromatic rings. The molecule has 0 spiro atoms. The maximum atomic E-state index is 12.3. The summed E-state index contributed by atoms with van der Waals surface area (Å²) in [6, 6.07) is 9.88. The van der Waals surface area contributed by atoms with Crippen LogP contribution < -0.4 is 5.56 Å². The van der Waals surface area contributed by atoms with Crippen LogP contribution >= 0.6 is 0 Å². The summed E-state index contributed by atoms with van der Waals surface area (Å²) in [5.74, 6) is -1.01. The second kappa shape index (κ2) is 8.75. The van der Waals surface area contributed by atoms with Gasteiger partial charge in [-0.1, -0.05) is 58.4 Å². The predicted molar refractivity (Wildman–Crippen MR) is 103 cm³/mol. The molecule has 1 heterocycles. The number of aromatic nitrogens is 2. The topological polar surface area (TPSA) is 78.3 Å². The first kappa shape index (κ1) is 20.6. The van der Waals surface area contributed by atoms with Gasteiger partial charge in [-0.25, -0.2) is 9.48 Å². The van der Waals surface area contributed by atoms with Crippen LogP contribution in [0.1, 0.15) is 66.9 Å². The summed E-state index contributed by atoms with van der Waals surface area (Å²) in [6.07, 6.45) is 1.69. The monoisotopic (exact) mass is 370 g/mol. The standard InChI is InChI=1S/C21H26N2O4/c1-5-6-13-23-19(25)12-11-17(22-23)20(26)27-14-18(24)15-7-9-16(10-8-15)21(2,3)4/h7-12H,5-6,13-14H2,1-4H3. The SMILES string of the molecule is CCCCn1nc(C(=O)OCC(=O)c2ccc(C(C)(C)C)cc2)ccc1=O. The minimum Gasteiger partial charge on any atom is -0.453 e. The van der Waals surface area contributed by atoms with Crippen LogP contribution in [-0.2, 0) is 16.7 Å². The van der Waals surface area contributed by atoms with E-state index in [2.05, 4.69) is 25.9 Å². The number of carbonyl (C=O) groups is 2. The lowest BCUT2D eigenvalue weighted by atomic mass is 9.86. The van der Waals surface area contributed by atoms with Crippen molar-refractivity contribution in [3.63, 3.8) is 0 Å². The number of hydrogen-bond acceptors (Lipinski definition) is 5. The van der Waals surface area contributed by atoms with Gasteiger partial charge >= 0.3 is 5.97 Å². The molecule has 0 N–H and O–H groups in total. The number of ketones is 1. The van der Waals surface area contributed by atoms with Crippen LogP contribution in [-0.4, -0.2) is 28.1 Å². The highest BCUT2D eigenvalue weighted by molar-refractivity contribution is 5.99. The lowest BCUT2D eigenvalue weighted by Gasteiger charge is -2.18. The van der Waals surface area contributed by atoms with Crippen molar-refractivity contribution >= 4 is 11.8 Å². The second-order valence-electron chi connectivity index (χ2n) is 7.46. The summed E-state index contributed by atoms with van der Waals surface area (Å²) in [7, 11) is 0. The highest BCUT2D eigenvalue weighted by Crippen LogP contribution is 2.22. The summed E-state index contributed by atoms with van der Waals surface area (Å²) in [5, 5.41) is 4.02. The molecule has 0 bridgehead atoms. The summed E-state index contributed by atoms with van der Waals surface area (Å²) >= 11 is 0. The number of hydrogen-bond donors (Lipinski definition) is 0. The van der Waals surface area contributed by atoms with Gasteiger partial charge in [-0.3, -0.25) is 9.59 Å². The van der Waals surface area contributed by atoms with Crippen molar-refractivity contribution in [2.45, 2.75) is 52.5 Å². The zero-order valence-corrected chi connectivity index (χ0v) is 16.3. The van der Waals surface area contributed by atoms with E-state index in [0.717, 1.165) is 18.4 Å². The van der Waals surface area contributed by atoms with E-state index in [9.17, 15) is 14.4 Å². The Bertz CT molecular complexity index is 861. The fourth-order valence-electron chi connectivity index (χ4n) is 2.47. The summed E-state index contributed by atoms with van der Waals surface area (Å²) in [6.45, 7) is 8.36. The van der Waals surface area contributed by atoms with Crippen LogP contribution in [0.15, 0.2) is 41.2 Å². The minimum absolute atomic E-state index is 0.000584. The third-order valence-corrected chi connectivity index (χ3v) is 4.21. The number of ether oxygens (including phenoxy) is 1. The zero-order valence-electron chi connectivity index (χ0n) is 16.3. The molecular formula is C21H26N2O4. The molecule has 0 fully saturated rings. The van der Waals surface area contributed by atoms with E-state index in [-0.39, 0.29) is 29.1 Å². The minimum atomic E-state index is -0.722. The van der Waals surface area contributed by atoms with Gasteiger partial charge in [0.1, 0.15) is 0 Å². The van der Waals surface area contributed by atoms with Crippen molar-refractivity contribution in [2.24, 2.45) is 0 Å². The molecule has 0 radical (unpaired) electrons. The normalized spacial score (nSPS) is 11.3. The van der Waals surface area contributed by atoms with Crippen molar-refractivity contribution in [1.29, 1.82) is 0 Å². The molecule has 0 unspecified atom stereocenters. The van der Waals surface area contributed by atoms with Crippen LogP contribution in [0.2, 0.25) is 0 Å². The molecule has 144 valence electrons. The average molecular weight is 370 g/mol. The number of nitrogens with zero attached hydrogens (tertiary/aromatic N) is 2. The molecule has 0 aliphatic rings. The van der Waals surface area contributed by atoms with Gasteiger partial charge in [0.05, 0.1) is 0 Å². The zero-order chi connectivity index (χ0) is 20.0. The maximum Gasteiger partial charge on any atom is 0.359 e. The molecule has 0 atom stereocenters. The first-order valence-corrected chi connectivity index (χ1v) is 9.11. The number of benzene rings is 1. The molecule has 0 saturated heterocycles. The fraction of sp³-hybridized carbons (Fsp3) is 0.429. The van der Waals surface area contributed by atoms with Crippen LogP contribution in [0.3, 0.4) is 0 Å². The number of esters is 1. The second-order valence-corrected chi connectivity index (χ2v) is 7.46. The highest BCUT2D eigenvalue weighted by atomic mass is 16.5. The summed E-state index contributed by atoms with van der Waals surface area (Å²) in [5.41, 5.74) is 1.35. The van der Waals surface area contributed by atoms with Gasteiger partial charge in [0.2, 0.25) is 0 Å². The van der Waals surface area contributed by atoms with E-state index in [1.807, 2.05) is 19.1 Å². The molecule has 27 heavy (non-hydrogen) atoms. The molecule has 0 amide bonds. The largest absolute Gasteiger partial charge is 0.453 e. The van der Waals surface area contributed by atoms with E-state index in [1.165, 1.54) is 16.8 Å². The Hall–Kier alpha value is -2.76. The Morgan fingerprint density at radius 3 is 2.33 bits per heavy atom. The predicted octanol–water partition coefficient (Wildman–Crippen LogP) is 3.38. The molecule has 0 saturated carbocycles. The van der Waals surface area contributed by atoms with E-state index >= 15 is 0 Å². The first-order valence-electron chi connectivity index (χ1n) is 9.11. The third kappa shape index (κ3) is 5.61. The Balaban J connectivity index is 2.00. The van der Waals surface area contributed by atoms with Gasteiger partial charge in [0.25, 0.3) is 5.56 Å². The van der Waals surface area contributed by atoms with E-state index in [1.54, 1.807) is 12.1 Å². The van der Waals surface area contributed by atoms with Crippen LogP contribution in [0.25, 0.3) is 0 Å².